The van der Waals surface area contributed by atoms with Crippen LogP contribution in [0.5, 0.6) is 0 Å². The summed E-state index contributed by atoms with van der Waals surface area (Å²) >= 11 is 0. The highest BCUT2D eigenvalue weighted by Crippen LogP contribution is 2.16. The second-order valence-electron chi connectivity index (χ2n) is 5.60. The fourth-order valence-corrected chi connectivity index (χ4v) is 2.68. The van der Waals surface area contributed by atoms with Gasteiger partial charge in [0.15, 0.2) is 0 Å². The number of carbonyl (C=O) groups is 1. The molecule has 0 aliphatic carbocycles. The minimum absolute atomic E-state index is 0.0710. The fraction of sp³-hybridized carbons (Fsp3) is 0.278. The molecule has 3 rings (SSSR count). The molecule has 1 aliphatic rings. The Labute approximate surface area is 136 Å². The Kier molecular flexibility index (Phi) is 4.99. The highest BCUT2D eigenvalue weighted by atomic mass is 16.2. The van der Waals surface area contributed by atoms with Gasteiger partial charge in [-0.05, 0) is 48.7 Å². The molecule has 1 aliphatic heterocycles. The third kappa shape index (κ3) is 4.39. The minimum Gasteiger partial charge on any atom is -0.381 e. The van der Waals surface area contributed by atoms with E-state index in [0.717, 1.165) is 37.2 Å². The molecule has 0 spiro atoms. The lowest BCUT2D eigenvalue weighted by atomic mass is 10.0. The van der Waals surface area contributed by atoms with Crippen LogP contribution in [0.25, 0.3) is 6.08 Å². The zero-order valence-corrected chi connectivity index (χ0v) is 12.9. The molecule has 1 saturated heterocycles. The van der Waals surface area contributed by atoms with E-state index < -0.39 is 0 Å². The Morgan fingerprint density at radius 1 is 1.13 bits per heavy atom. The van der Waals surface area contributed by atoms with Gasteiger partial charge in [-0.25, -0.2) is 0 Å². The highest BCUT2D eigenvalue weighted by Gasteiger charge is 2.21. The normalized spacial score (nSPS) is 15.7. The number of hydrogen-bond donors (Lipinski definition) is 1. The average molecular weight is 308 g/mol. The van der Waals surface area contributed by atoms with Crippen LogP contribution in [0.1, 0.15) is 18.4 Å². The number of hydrogen-bond acceptors (Lipinski definition) is 4. The lowest BCUT2D eigenvalue weighted by Gasteiger charge is -2.32. The molecule has 0 aromatic carbocycles. The molecular weight excluding hydrogens is 288 g/mol. The van der Waals surface area contributed by atoms with Crippen molar-refractivity contribution in [2.45, 2.75) is 18.9 Å². The smallest absolute Gasteiger partial charge is 0.246 e. The van der Waals surface area contributed by atoms with Crippen LogP contribution in [0, 0.1) is 0 Å². The molecule has 1 fully saturated rings. The van der Waals surface area contributed by atoms with Crippen LogP contribution in [0.2, 0.25) is 0 Å². The van der Waals surface area contributed by atoms with Gasteiger partial charge in [-0.1, -0.05) is 0 Å². The van der Waals surface area contributed by atoms with E-state index in [1.54, 1.807) is 24.7 Å². The van der Waals surface area contributed by atoms with Crippen LogP contribution in [-0.2, 0) is 4.79 Å². The Bertz CT molecular complexity index is 649. The van der Waals surface area contributed by atoms with Gasteiger partial charge in [0, 0.05) is 50.0 Å². The minimum atomic E-state index is 0.0710. The summed E-state index contributed by atoms with van der Waals surface area (Å²) in [7, 11) is 0. The number of rotatable bonds is 4. The maximum absolute atomic E-state index is 12.2. The lowest BCUT2D eigenvalue weighted by molar-refractivity contribution is -0.126. The molecule has 0 unspecified atom stereocenters. The van der Waals surface area contributed by atoms with Gasteiger partial charge < -0.3 is 10.2 Å². The Morgan fingerprint density at radius 3 is 2.61 bits per heavy atom. The van der Waals surface area contributed by atoms with Gasteiger partial charge in [-0.15, -0.1) is 0 Å². The molecule has 23 heavy (non-hydrogen) atoms. The molecule has 2 aromatic rings. The summed E-state index contributed by atoms with van der Waals surface area (Å²) in [4.78, 5) is 22.2. The number of anilines is 1. The van der Waals surface area contributed by atoms with Gasteiger partial charge in [0.2, 0.25) is 5.91 Å². The van der Waals surface area contributed by atoms with Crippen molar-refractivity contribution in [3.63, 3.8) is 0 Å². The number of nitrogens with one attached hydrogen (secondary N) is 1. The van der Waals surface area contributed by atoms with Crippen molar-refractivity contribution in [1.82, 2.24) is 14.9 Å². The van der Waals surface area contributed by atoms with E-state index in [1.165, 1.54) is 0 Å². The van der Waals surface area contributed by atoms with Gasteiger partial charge in [0.05, 0.1) is 5.69 Å². The average Bonchev–Trinajstić information content (AvgIpc) is 2.62. The first-order valence-electron chi connectivity index (χ1n) is 7.85. The maximum atomic E-state index is 12.2. The van der Waals surface area contributed by atoms with Crippen molar-refractivity contribution in [3.05, 3.63) is 60.7 Å². The zero-order valence-electron chi connectivity index (χ0n) is 12.9. The van der Waals surface area contributed by atoms with Gasteiger partial charge in [0.25, 0.3) is 0 Å². The number of piperidine rings is 1. The van der Waals surface area contributed by atoms with E-state index in [4.69, 9.17) is 0 Å². The second-order valence-corrected chi connectivity index (χ2v) is 5.60. The molecule has 5 heteroatoms. The van der Waals surface area contributed by atoms with Crippen LogP contribution in [0.15, 0.2) is 55.1 Å². The van der Waals surface area contributed by atoms with Crippen LogP contribution in [0.4, 0.5) is 5.69 Å². The van der Waals surface area contributed by atoms with E-state index in [9.17, 15) is 4.79 Å². The van der Waals surface area contributed by atoms with Gasteiger partial charge in [0.1, 0.15) is 0 Å². The third-order valence-corrected chi connectivity index (χ3v) is 3.96. The van der Waals surface area contributed by atoms with Gasteiger partial charge in [-0.2, -0.15) is 0 Å². The molecule has 0 bridgehead atoms. The summed E-state index contributed by atoms with van der Waals surface area (Å²) in [6.07, 6.45) is 12.4. The molecule has 0 atom stereocenters. The van der Waals surface area contributed by atoms with E-state index in [2.05, 4.69) is 15.3 Å². The van der Waals surface area contributed by atoms with Crippen molar-refractivity contribution >= 4 is 17.7 Å². The zero-order chi connectivity index (χ0) is 15.9. The Balaban J connectivity index is 1.48. The summed E-state index contributed by atoms with van der Waals surface area (Å²) in [6, 6.07) is 8.10. The van der Waals surface area contributed by atoms with E-state index in [1.807, 2.05) is 41.4 Å². The number of aromatic nitrogens is 2. The monoisotopic (exact) mass is 308 g/mol. The standard InChI is InChI=1S/C18H20N4O/c23-18(4-3-15-5-10-19-11-6-15)22-12-7-16(8-13-22)21-17-2-1-9-20-14-17/h1-6,9-11,14,16,21H,7-8,12-13H2/b4-3+. The van der Waals surface area contributed by atoms with Crippen molar-refractivity contribution in [3.8, 4) is 0 Å². The third-order valence-electron chi connectivity index (χ3n) is 3.96. The molecule has 0 radical (unpaired) electrons. The van der Waals surface area contributed by atoms with Crippen molar-refractivity contribution in [2.75, 3.05) is 18.4 Å². The van der Waals surface area contributed by atoms with Gasteiger partial charge >= 0.3 is 0 Å². The van der Waals surface area contributed by atoms with Crippen LogP contribution >= 0.6 is 0 Å². The SMILES string of the molecule is O=C(/C=C/c1ccncc1)N1CCC(Nc2cccnc2)CC1. The molecular formula is C18H20N4O. The van der Waals surface area contributed by atoms with Gasteiger partial charge in [-0.3, -0.25) is 14.8 Å². The maximum Gasteiger partial charge on any atom is 0.246 e. The molecule has 2 aromatic heterocycles. The first-order valence-corrected chi connectivity index (χ1v) is 7.85. The predicted octanol–water partition coefficient (Wildman–Crippen LogP) is 2.59. The van der Waals surface area contributed by atoms with E-state index in [-0.39, 0.29) is 5.91 Å². The number of carbonyl (C=O) groups excluding carboxylic acids is 1. The quantitative estimate of drug-likeness (QED) is 0.882. The van der Waals surface area contributed by atoms with Crippen LogP contribution in [-0.4, -0.2) is 39.9 Å². The summed E-state index contributed by atoms with van der Waals surface area (Å²) in [5.41, 5.74) is 2.02. The number of nitrogens with zero attached hydrogens (tertiary/aromatic N) is 3. The van der Waals surface area contributed by atoms with E-state index in [0.29, 0.717) is 6.04 Å². The summed E-state index contributed by atoms with van der Waals surface area (Å²) in [5.74, 6) is 0.0710. The molecule has 1 N–H and O–H groups in total. The van der Waals surface area contributed by atoms with Crippen molar-refractivity contribution in [1.29, 1.82) is 0 Å². The number of amides is 1. The van der Waals surface area contributed by atoms with Crippen LogP contribution < -0.4 is 5.32 Å². The second kappa shape index (κ2) is 7.54. The van der Waals surface area contributed by atoms with Crippen molar-refractivity contribution < 1.29 is 4.79 Å². The molecule has 5 nitrogen and oxygen atoms in total. The summed E-state index contributed by atoms with van der Waals surface area (Å²) in [5, 5.41) is 3.47. The van der Waals surface area contributed by atoms with Crippen molar-refractivity contribution in [2.24, 2.45) is 0 Å². The lowest BCUT2D eigenvalue weighted by Crippen LogP contribution is -2.41. The fourth-order valence-electron chi connectivity index (χ4n) is 2.68. The topological polar surface area (TPSA) is 58.1 Å². The largest absolute Gasteiger partial charge is 0.381 e. The Morgan fingerprint density at radius 2 is 1.91 bits per heavy atom. The number of likely N-dealkylation sites (tertiary alicyclic amines) is 1. The summed E-state index contributed by atoms with van der Waals surface area (Å²) in [6.45, 7) is 1.55. The predicted molar refractivity (Wildman–Crippen MR) is 90.7 cm³/mol. The first-order chi connectivity index (χ1) is 11.3. The van der Waals surface area contributed by atoms with E-state index >= 15 is 0 Å². The molecule has 0 saturated carbocycles. The molecule has 118 valence electrons. The first kappa shape index (κ1) is 15.2. The Hall–Kier alpha value is -2.69. The van der Waals surface area contributed by atoms with Crippen LogP contribution in [0.3, 0.4) is 0 Å². The summed E-state index contributed by atoms with van der Waals surface area (Å²) < 4.78 is 0. The molecule has 3 heterocycles. The number of pyridine rings is 2. The molecule has 1 amide bonds. The highest BCUT2D eigenvalue weighted by molar-refractivity contribution is 5.91.